The monoisotopic (exact) mass is 472 g/mol. The summed E-state index contributed by atoms with van der Waals surface area (Å²) in [5.74, 6) is 1.45. The molecular formula is C30H42Cl2. The summed E-state index contributed by atoms with van der Waals surface area (Å²) in [4.78, 5) is 0. The number of hydrogen-bond acceptors (Lipinski definition) is 0. The summed E-state index contributed by atoms with van der Waals surface area (Å²) in [6.07, 6.45) is 15.6. The Morgan fingerprint density at radius 2 is 1.28 bits per heavy atom. The molecule has 2 heteroatoms. The average Bonchev–Trinajstić information content (AvgIpc) is 2.84. The molecule has 0 nitrogen and oxygen atoms in total. The molecule has 0 aliphatic heterocycles. The summed E-state index contributed by atoms with van der Waals surface area (Å²) in [5, 5.41) is -0.102. The Hall–Kier alpha value is -0.980. The van der Waals surface area contributed by atoms with E-state index in [0.29, 0.717) is 5.92 Å². The van der Waals surface area contributed by atoms with E-state index in [1.165, 1.54) is 93.7 Å². The first kappa shape index (κ1) is 25.6. The minimum Gasteiger partial charge on any atom is -0.121 e. The number of unbranched alkanes of at least 4 members (excludes halogenated alkanes) is 4. The highest BCUT2D eigenvalue weighted by Gasteiger charge is 2.31. The lowest BCUT2D eigenvalue weighted by Gasteiger charge is -2.33. The second kappa shape index (κ2) is 13.7. The lowest BCUT2D eigenvalue weighted by molar-refractivity contribution is 0.250. The van der Waals surface area contributed by atoms with Crippen LogP contribution in [0, 0.1) is 11.8 Å². The molecule has 0 bridgehead atoms. The minimum absolute atomic E-state index is 0.0153. The summed E-state index contributed by atoms with van der Waals surface area (Å²) in [6.45, 7) is 4.54. The summed E-state index contributed by atoms with van der Waals surface area (Å²) >= 11 is 13.8. The zero-order valence-corrected chi connectivity index (χ0v) is 21.7. The molecule has 2 atom stereocenters. The van der Waals surface area contributed by atoms with Gasteiger partial charge in [0, 0.05) is 0 Å². The zero-order chi connectivity index (χ0) is 22.8. The van der Waals surface area contributed by atoms with Crippen molar-refractivity contribution >= 4 is 23.2 Å². The van der Waals surface area contributed by atoms with Crippen LogP contribution in [0.15, 0.2) is 48.5 Å². The fourth-order valence-corrected chi connectivity index (χ4v) is 5.95. The topological polar surface area (TPSA) is 0 Å². The Morgan fingerprint density at radius 1 is 0.719 bits per heavy atom. The average molecular weight is 474 g/mol. The molecule has 1 aliphatic rings. The van der Waals surface area contributed by atoms with Crippen LogP contribution in [-0.2, 0) is 6.42 Å². The molecule has 2 aromatic rings. The van der Waals surface area contributed by atoms with Gasteiger partial charge in [0.1, 0.15) is 0 Å². The molecule has 3 rings (SSSR count). The van der Waals surface area contributed by atoms with Gasteiger partial charge in [-0.05, 0) is 59.8 Å². The molecule has 0 aromatic heterocycles. The van der Waals surface area contributed by atoms with E-state index in [1.54, 1.807) is 0 Å². The highest BCUT2D eigenvalue weighted by molar-refractivity contribution is 6.30. The first-order valence-electron chi connectivity index (χ1n) is 13.1. The Kier molecular flexibility index (Phi) is 10.9. The molecule has 176 valence electrons. The van der Waals surface area contributed by atoms with Crippen molar-refractivity contribution in [2.24, 2.45) is 11.8 Å². The van der Waals surface area contributed by atoms with Gasteiger partial charge in [-0.25, -0.2) is 0 Å². The van der Waals surface area contributed by atoms with Gasteiger partial charge in [0.25, 0.3) is 0 Å². The summed E-state index contributed by atoms with van der Waals surface area (Å²) in [7, 11) is 0. The Balaban J connectivity index is 1.51. The van der Waals surface area contributed by atoms with Gasteiger partial charge >= 0.3 is 0 Å². The maximum Gasteiger partial charge on any atom is 0.0751 e. The molecule has 0 radical (unpaired) electrons. The normalized spacial score (nSPS) is 20.8. The maximum absolute atomic E-state index is 6.91. The van der Waals surface area contributed by atoms with Crippen molar-refractivity contribution in [1.29, 1.82) is 0 Å². The van der Waals surface area contributed by atoms with Crippen LogP contribution in [0.25, 0.3) is 11.1 Å². The van der Waals surface area contributed by atoms with E-state index in [1.807, 2.05) is 0 Å². The van der Waals surface area contributed by atoms with E-state index in [-0.39, 0.29) is 10.8 Å². The van der Waals surface area contributed by atoms with Gasteiger partial charge in [-0.2, -0.15) is 0 Å². The predicted molar refractivity (Wildman–Crippen MR) is 143 cm³/mol. The first-order valence-corrected chi connectivity index (χ1v) is 14.0. The van der Waals surface area contributed by atoms with Gasteiger partial charge < -0.3 is 0 Å². The van der Waals surface area contributed by atoms with Gasteiger partial charge in [0.2, 0.25) is 0 Å². The molecule has 2 aromatic carbocycles. The Morgan fingerprint density at radius 3 is 1.88 bits per heavy atom. The van der Waals surface area contributed by atoms with Gasteiger partial charge in [-0.15, -0.1) is 23.2 Å². The lowest BCUT2D eigenvalue weighted by atomic mass is 9.77. The van der Waals surface area contributed by atoms with Crippen molar-refractivity contribution in [1.82, 2.24) is 0 Å². The fraction of sp³-hybridized carbons (Fsp3) is 0.600. The summed E-state index contributed by atoms with van der Waals surface area (Å²) < 4.78 is 0. The van der Waals surface area contributed by atoms with Crippen molar-refractivity contribution < 1.29 is 0 Å². The van der Waals surface area contributed by atoms with Crippen LogP contribution in [0.3, 0.4) is 0 Å². The predicted octanol–water partition coefficient (Wildman–Crippen LogP) is 10.4. The molecule has 32 heavy (non-hydrogen) atoms. The van der Waals surface area contributed by atoms with Gasteiger partial charge in [0.15, 0.2) is 0 Å². The van der Waals surface area contributed by atoms with Crippen LogP contribution in [0.1, 0.15) is 101 Å². The number of benzene rings is 2. The van der Waals surface area contributed by atoms with E-state index in [4.69, 9.17) is 23.2 Å². The molecular weight excluding hydrogens is 431 g/mol. The van der Waals surface area contributed by atoms with Gasteiger partial charge in [-0.3, -0.25) is 0 Å². The fourth-order valence-electron chi connectivity index (χ4n) is 5.20. The molecule has 0 heterocycles. The van der Waals surface area contributed by atoms with Crippen molar-refractivity contribution in [2.75, 3.05) is 0 Å². The van der Waals surface area contributed by atoms with E-state index in [9.17, 15) is 0 Å². The van der Waals surface area contributed by atoms with Crippen molar-refractivity contribution in [3.05, 3.63) is 59.7 Å². The largest absolute Gasteiger partial charge is 0.121 e. The number of rotatable bonds is 12. The standard InChI is InChI=1S/C30H42Cl2/c1-3-5-7-9-23-11-15-25(16-12-23)26-19-21-28(22-20-26)30(32)29(31)27-17-13-24(14-18-27)10-8-6-4-2/h11-12,15-16,19-22,24,27,29-30H,3-10,13-14,17-18H2,1-2H3/t24?,27?,29-,30-/m1/s1. The van der Waals surface area contributed by atoms with Crippen LogP contribution in [0.2, 0.25) is 0 Å². The van der Waals surface area contributed by atoms with E-state index in [0.717, 1.165) is 11.5 Å². The molecule has 1 aliphatic carbocycles. The van der Waals surface area contributed by atoms with Gasteiger partial charge in [-0.1, -0.05) is 114 Å². The summed E-state index contributed by atoms with van der Waals surface area (Å²) in [5.41, 5.74) is 5.10. The van der Waals surface area contributed by atoms with Crippen LogP contribution in [0.4, 0.5) is 0 Å². The lowest BCUT2D eigenvalue weighted by Crippen LogP contribution is -2.25. The highest BCUT2D eigenvalue weighted by Crippen LogP contribution is 2.41. The second-order valence-corrected chi connectivity index (χ2v) is 10.9. The number of alkyl halides is 2. The Labute approximate surface area is 207 Å². The molecule has 0 unspecified atom stereocenters. The molecule has 0 saturated heterocycles. The van der Waals surface area contributed by atoms with E-state index in [2.05, 4.69) is 62.4 Å². The Bertz CT molecular complexity index is 756. The van der Waals surface area contributed by atoms with E-state index >= 15 is 0 Å². The third-order valence-electron chi connectivity index (χ3n) is 7.42. The molecule has 1 fully saturated rings. The van der Waals surface area contributed by atoms with Gasteiger partial charge in [0.05, 0.1) is 10.8 Å². The number of aryl methyl sites for hydroxylation is 1. The van der Waals surface area contributed by atoms with Crippen LogP contribution in [-0.4, -0.2) is 5.38 Å². The second-order valence-electron chi connectivity index (χ2n) is 9.90. The SMILES string of the molecule is CCCCCc1ccc(-c2ccc([C@@H](Cl)[C@H](Cl)C3CCC(CCCCC)CC3)cc2)cc1. The molecule has 0 spiro atoms. The number of halogens is 2. The van der Waals surface area contributed by atoms with Crippen LogP contribution in [0.5, 0.6) is 0 Å². The van der Waals surface area contributed by atoms with Crippen LogP contribution < -0.4 is 0 Å². The molecule has 0 amide bonds. The van der Waals surface area contributed by atoms with Crippen molar-refractivity contribution in [3.63, 3.8) is 0 Å². The summed E-state index contributed by atoms with van der Waals surface area (Å²) in [6, 6.07) is 17.8. The first-order chi connectivity index (χ1) is 15.6. The van der Waals surface area contributed by atoms with Crippen LogP contribution >= 0.6 is 23.2 Å². The van der Waals surface area contributed by atoms with E-state index < -0.39 is 0 Å². The van der Waals surface area contributed by atoms with Crippen molar-refractivity contribution in [2.45, 2.75) is 102 Å². The number of hydrogen-bond donors (Lipinski definition) is 0. The minimum atomic E-state index is -0.117. The molecule has 1 saturated carbocycles. The third-order valence-corrected chi connectivity index (χ3v) is 8.68. The third kappa shape index (κ3) is 7.53. The molecule has 0 N–H and O–H groups in total. The quantitative estimate of drug-likeness (QED) is 0.212. The maximum atomic E-state index is 6.91. The van der Waals surface area contributed by atoms with Crippen molar-refractivity contribution in [3.8, 4) is 11.1 Å². The smallest absolute Gasteiger partial charge is 0.0751 e. The zero-order valence-electron chi connectivity index (χ0n) is 20.2. The highest BCUT2D eigenvalue weighted by atomic mass is 35.5.